The van der Waals surface area contributed by atoms with Crippen molar-refractivity contribution in [2.75, 3.05) is 7.05 Å². The van der Waals surface area contributed by atoms with Crippen LogP contribution in [0.15, 0.2) is 30.3 Å². The third kappa shape index (κ3) is 3.52. The molecule has 2 nitrogen and oxygen atoms in total. The van der Waals surface area contributed by atoms with Gasteiger partial charge in [0.1, 0.15) is 6.61 Å². The van der Waals surface area contributed by atoms with Gasteiger partial charge in [-0.2, -0.15) is 0 Å². The van der Waals surface area contributed by atoms with Crippen LogP contribution in [0.3, 0.4) is 0 Å². The second kappa shape index (κ2) is 6.58. The summed E-state index contributed by atoms with van der Waals surface area (Å²) in [5.41, 5.74) is 0.296. The van der Waals surface area contributed by atoms with E-state index in [1.54, 1.807) is 7.05 Å². The van der Waals surface area contributed by atoms with Gasteiger partial charge in [-0.3, -0.25) is 0 Å². The number of hydrogen-bond donors (Lipinski definition) is 1. The molecule has 0 atom stereocenters. The first-order chi connectivity index (χ1) is 10.0. The molecule has 0 aliphatic carbocycles. The molecule has 0 fully saturated rings. The highest BCUT2D eigenvalue weighted by Gasteiger charge is 2.14. The smallest absolute Gasteiger partial charge is 0.191 e. The molecule has 0 aliphatic heterocycles. The maximum absolute atomic E-state index is 13.8. The minimum absolute atomic E-state index is 0.117. The van der Waals surface area contributed by atoms with Crippen molar-refractivity contribution in [3.63, 3.8) is 0 Å². The molecule has 0 unspecified atom stereocenters. The molecule has 0 heterocycles. The SMILES string of the molecule is CNCc1cc(F)c(OCc2cccc(F)c2F)c(F)c1. The number of benzene rings is 2. The molecule has 0 amide bonds. The molecule has 6 heteroatoms. The van der Waals surface area contributed by atoms with E-state index < -0.39 is 35.6 Å². The van der Waals surface area contributed by atoms with E-state index in [-0.39, 0.29) is 5.56 Å². The number of rotatable bonds is 5. The molecule has 0 saturated carbocycles. The Labute approximate surface area is 119 Å². The summed E-state index contributed by atoms with van der Waals surface area (Å²) in [6, 6.07) is 5.77. The van der Waals surface area contributed by atoms with E-state index in [0.29, 0.717) is 12.1 Å². The summed E-state index contributed by atoms with van der Waals surface area (Å²) in [5, 5.41) is 2.76. The maximum atomic E-state index is 13.8. The number of ether oxygens (including phenoxy) is 1. The van der Waals surface area contributed by atoms with Gasteiger partial charge in [-0.25, -0.2) is 17.6 Å². The zero-order valence-corrected chi connectivity index (χ0v) is 11.2. The summed E-state index contributed by atoms with van der Waals surface area (Å²) in [7, 11) is 1.65. The molecule has 0 aromatic heterocycles. The Bertz CT molecular complexity index is 623. The zero-order chi connectivity index (χ0) is 15.4. The van der Waals surface area contributed by atoms with Gasteiger partial charge in [0.25, 0.3) is 0 Å². The minimum Gasteiger partial charge on any atom is -0.483 e. The van der Waals surface area contributed by atoms with E-state index in [9.17, 15) is 17.6 Å². The first-order valence-electron chi connectivity index (χ1n) is 6.21. The van der Waals surface area contributed by atoms with Gasteiger partial charge in [-0.05, 0) is 30.8 Å². The molecule has 2 aromatic carbocycles. The lowest BCUT2D eigenvalue weighted by Gasteiger charge is -2.11. The quantitative estimate of drug-likeness (QED) is 0.853. The summed E-state index contributed by atoms with van der Waals surface area (Å²) in [6.45, 7) is -0.171. The van der Waals surface area contributed by atoms with Gasteiger partial charge < -0.3 is 10.1 Å². The molecule has 2 aromatic rings. The highest BCUT2D eigenvalue weighted by atomic mass is 19.2. The zero-order valence-electron chi connectivity index (χ0n) is 11.2. The summed E-state index contributed by atoms with van der Waals surface area (Å²) in [6.07, 6.45) is 0. The third-order valence-electron chi connectivity index (χ3n) is 2.84. The second-order valence-electron chi connectivity index (χ2n) is 4.42. The number of halogens is 4. The highest BCUT2D eigenvalue weighted by molar-refractivity contribution is 5.32. The predicted octanol–water partition coefficient (Wildman–Crippen LogP) is 3.54. The van der Waals surface area contributed by atoms with Crippen LogP contribution in [-0.2, 0) is 13.2 Å². The normalized spacial score (nSPS) is 10.7. The molecule has 2 rings (SSSR count). The van der Waals surface area contributed by atoms with Gasteiger partial charge in [0.2, 0.25) is 0 Å². The van der Waals surface area contributed by atoms with Gasteiger partial charge in [0, 0.05) is 12.1 Å². The first kappa shape index (κ1) is 15.3. The fourth-order valence-corrected chi connectivity index (χ4v) is 1.87. The van der Waals surface area contributed by atoms with Crippen molar-refractivity contribution in [2.45, 2.75) is 13.2 Å². The van der Waals surface area contributed by atoms with Crippen LogP contribution in [0.4, 0.5) is 17.6 Å². The summed E-state index contributed by atoms with van der Waals surface area (Å²) in [5.74, 6) is -4.53. The Balaban J connectivity index is 2.18. The molecular formula is C15H13F4NO. The number of hydrogen-bond acceptors (Lipinski definition) is 2. The van der Waals surface area contributed by atoms with Crippen molar-refractivity contribution in [3.8, 4) is 5.75 Å². The summed E-state index contributed by atoms with van der Waals surface area (Å²) in [4.78, 5) is 0. The Morgan fingerprint density at radius 1 is 1.00 bits per heavy atom. The first-order valence-corrected chi connectivity index (χ1v) is 6.21. The molecule has 0 bridgehead atoms. The molecule has 0 aliphatic rings. The highest BCUT2D eigenvalue weighted by Crippen LogP contribution is 2.25. The van der Waals surface area contributed by atoms with E-state index >= 15 is 0 Å². The number of nitrogens with one attached hydrogen (secondary N) is 1. The van der Waals surface area contributed by atoms with Crippen LogP contribution >= 0.6 is 0 Å². The van der Waals surface area contributed by atoms with E-state index in [1.807, 2.05) is 0 Å². The molecule has 1 N–H and O–H groups in total. The van der Waals surface area contributed by atoms with E-state index in [1.165, 1.54) is 12.1 Å². The van der Waals surface area contributed by atoms with Crippen LogP contribution in [-0.4, -0.2) is 7.05 Å². The topological polar surface area (TPSA) is 21.3 Å². The van der Waals surface area contributed by atoms with Crippen molar-refractivity contribution in [1.29, 1.82) is 0 Å². The molecular weight excluding hydrogens is 286 g/mol. The Morgan fingerprint density at radius 2 is 1.67 bits per heavy atom. The Hall–Kier alpha value is -2.08. The second-order valence-corrected chi connectivity index (χ2v) is 4.42. The van der Waals surface area contributed by atoms with Gasteiger partial charge in [0.05, 0.1) is 0 Å². The average molecular weight is 299 g/mol. The molecule has 0 saturated heterocycles. The fraction of sp³-hybridized carbons (Fsp3) is 0.200. The maximum Gasteiger partial charge on any atom is 0.191 e. The standard InChI is InChI=1S/C15H13F4NO/c1-20-7-9-5-12(17)15(13(18)6-9)21-8-10-3-2-4-11(16)14(10)19/h2-6,20H,7-8H2,1H3. The van der Waals surface area contributed by atoms with Gasteiger partial charge in [0.15, 0.2) is 29.0 Å². The lowest BCUT2D eigenvalue weighted by atomic mass is 10.2. The lowest BCUT2D eigenvalue weighted by molar-refractivity contribution is 0.267. The van der Waals surface area contributed by atoms with Crippen molar-refractivity contribution in [1.82, 2.24) is 5.32 Å². The average Bonchev–Trinajstić information content (AvgIpc) is 2.42. The van der Waals surface area contributed by atoms with Gasteiger partial charge in [-0.15, -0.1) is 0 Å². The van der Waals surface area contributed by atoms with Crippen molar-refractivity contribution < 1.29 is 22.3 Å². The van der Waals surface area contributed by atoms with Crippen molar-refractivity contribution in [2.24, 2.45) is 0 Å². The molecule has 0 radical (unpaired) electrons. The van der Waals surface area contributed by atoms with E-state index in [4.69, 9.17) is 4.74 Å². The fourth-order valence-electron chi connectivity index (χ4n) is 1.87. The predicted molar refractivity (Wildman–Crippen MR) is 69.8 cm³/mol. The molecule has 0 spiro atoms. The summed E-state index contributed by atoms with van der Waals surface area (Å²) >= 11 is 0. The Kier molecular flexibility index (Phi) is 4.80. The van der Waals surface area contributed by atoms with Crippen molar-refractivity contribution in [3.05, 3.63) is 64.7 Å². The van der Waals surface area contributed by atoms with E-state index in [2.05, 4.69) is 5.32 Å². The largest absolute Gasteiger partial charge is 0.483 e. The van der Waals surface area contributed by atoms with Crippen LogP contribution in [0, 0.1) is 23.3 Å². The molecule has 21 heavy (non-hydrogen) atoms. The van der Waals surface area contributed by atoms with Crippen molar-refractivity contribution >= 4 is 0 Å². The van der Waals surface area contributed by atoms with Gasteiger partial charge in [-0.1, -0.05) is 12.1 Å². The van der Waals surface area contributed by atoms with Gasteiger partial charge >= 0.3 is 0 Å². The van der Waals surface area contributed by atoms with Crippen LogP contribution in [0.5, 0.6) is 5.75 Å². The monoisotopic (exact) mass is 299 g/mol. The van der Waals surface area contributed by atoms with E-state index in [0.717, 1.165) is 18.2 Å². The lowest BCUT2D eigenvalue weighted by Crippen LogP contribution is -2.08. The van der Waals surface area contributed by atoms with Crippen LogP contribution in [0.25, 0.3) is 0 Å². The van der Waals surface area contributed by atoms with Crippen LogP contribution in [0.2, 0.25) is 0 Å². The third-order valence-corrected chi connectivity index (χ3v) is 2.84. The summed E-state index contributed by atoms with van der Waals surface area (Å²) < 4.78 is 58.9. The van der Waals surface area contributed by atoms with Crippen LogP contribution in [0.1, 0.15) is 11.1 Å². The minimum atomic E-state index is -1.09. The Morgan fingerprint density at radius 3 is 2.29 bits per heavy atom. The molecule has 112 valence electrons. The van der Waals surface area contributed by atoms with Crippen LogP contribution < -0.4 is 10.1 Å².